The van der Waals surface area contributed by atoms with Gasteiger partial charge in [0.2, 0.25) is 5.91 Å². The molecule has 3 rings (SSSR count). The van der Waals surface area contributed by atoms with Crippen LogP contribution in [0.3, 0.4) is 0 Å². The molecule has 1 heterocycles. The third-order valence-corrected chi connectivity index (χ3v) is 4.23. The highest BCUT2D eigenvalue weighted by Gasteiger charge is 2.07. The van der Waals surface area contributed by atoms with Gasteiger partial charge in [-0.25, -0.2) is 9.07 Å². The van der Waals surface area contributed by atoms with E-state index in [-0.39, 0.29) is 23.7 Å². The van der Waals surface area contributed by atoms with Crippen molar-refractivity contribution >= 4 is 11.6 Å². The van der Waals surface area contributed by atoms with E-state index in [4.69, 9.17) is 4.74 Å². The second-order valence-electron chi connectivity index (χ2n) is 6.40. The lowest BCUT2D eigenvalue weighted by Crippen LogP contribution is -2.23. The van der Waals surface area contributed by atoms with Gasteiger partial charge in [-0.3, -0.25) is 9.59 Å². The maximum Gasteiger partial charge on any atom is 0.266 e. The number of halogens is 1. The summed E-state index contributed by atoms with van der Waals surface area (Å²) < 4.78 is 19.7. The van der Waals surface area contributed by atoms with Crippen LogP contribution < -0.4 is 15.6 Å². The van der Waals surface area contributed by atoms with Gasteiger partial charge in [-0.1, -0.05) is 0 Å². The Morgan fingerprint density at radius 3 is 2.48 bits per heavy atom. The quantitative estimate of drug-likeness (QED) is 0.628. The molecule has 0 unspecified atom stereocenters. The number of nitrogens with zero attached hydrogens (tertiary/aromatic N) is 2. The van der Waals surface area contributed by atoms with Crippen LogP contribution in [0.2, 0.25) is 0 Å². The first-order chi connectivity index (χ1) is 14.0. The molecule has 0 saturated carbocycles. The highest BCUT2D eigenvalue weighted by molar-refractivity contribution is 5.90. The van der Waals surface area contributed by atoms with Gasteiger partial charge < -0.3 is 10.1 Å². The number of aromatic nitrogens is 2. The minimum Gasteiger partial charge on any atom is -0.494 e. The molecule has 3 aromatic rings. The number of aryl methyl sites for hydroxylation is 1. The number of rotatable bonds is 8. The molecule has 0 aliphatic rings. The molecule has 0 aliphatic carbocycles. The molecule has 0 bridgehead atoms. The van der Waals surface area contributed by atoms with Crippen molar-refractivity contribution in [3.8, 4) is 17.0 Å². The molecular formula is C22H22FN3O3. The van der Waals surface area contributed by atoms with E-state index >= 15 is 0 Å². The summed E-state index contributed by atoms with van der Waals surface area (Å²) >= 11 is 0. The fourth-order valence-corrected chi connectivity index (χ4v) is 2.80. The van der Waals surface area contributed by atoms with Crippen molar-refractivity contribution in [2.24, 2.45) is 0 Å². The van der Waals surface area contributed by atoms with Gasteiger partial charge in [0.25, 0.3) is 5.56 Å². The highest BCUT2D eigenvalue weighted by atomic mass is 19.1. The molecule has 0 spiro atoms. The lowest BCUT2D eigenvalue weighted by Gasteiger charge is -2.09. The normalized spacial score (nSPS) is 10.6. The molecule has 0 radical (unpaired) electrons. The molecule has 29 heavy (non-hydrogen) atoms. The molecule has 6 nitrogen and oxygen atoms in total. The molecule has 0 saturated heterocycles. The van der Waals surface area contributed by atoms with Crippen molar-refractivity contribution in [2.45, 2.75) is 26.3 Å². The fraction of sp³-hybridized carbons (Fsp3) is 0.227. The van der Waals surface area contributed by atoms with Gasteiger partial charge in [0.15, 0.2) is 0 Å². The Labute approximate surface area is 168 Å². The van der Waals surface area contributed by atoms with E-state index in [9.17, 15) is 14.0 Å². The van der Waals surface area contributed by atoms with E-state index in [2.05, 4.69) is 10.4 Å². The third-order valence-electron chi connectivity index (χ3n) is 4.23. The first-order valence-corrected chi connectivity index (χ1v) is 9.42. The zero-order valence-electron chi connectivity index (χ0n) is 16.1. The van der Waals surface area contributed by atoms with Crippen molar-refractivity contribution in [2.75, 3.05) is 11.9 Å². The predicted molar refractivity (Wildman–Crippen MR) is 109 cm³/mol. The first-order valence-electron chi connectivity index (χ1n) is 9.42. The summed E-state index contributed by atoms with van der Waals surface area (Å²) in [5, 5.41) is 7.10. The van der Waals surface area contributed by atoms with Crippen molar-refractivity contribution in [3.05, 3.63) is 76.8 Å². The van der Waals surface area contributed by atoms with Gasteiger partial charge in [-0.05, 0) is 67.9 Å². The summed E-state index contributed by atoms with van der Waals surface area (Å²) in [6.45, 7) is 2.84. The van der Waals surface area contributed by atoms with Crippen molar-refractivity contribution in [1.29, 1.82) is 0 Å². The average molecular weight is 395 g/mol. The minimum atomic E-state index is -0.360. The molecule has 0 atom stereocenters. The van der Waals surface area contributed by atoms with Crippen LogP contribution in [0, 0.1) is 5.82 Å². The van der Waals surface area contributed by atoms with E-state index in [1.165, 1.54) is 35.0 Å². The Kier molecular flexibility index (Phi) is 6.73. The third kappa shape index (κ3) is 5.75. The zero-order valence-corrected chi connectivity index (χ0v) is 16.1. The van der Waals surface area contributed by atoms with Crippen LogP contribution in [0.1, 0.15) is 19.8 Å². The van der Waals surface area contributed by atoms with Gasteiger partial charge >= 0.3 is 0 Å². The Morgan fingerprint density at radius 2 is 1.79 bits per heavy atom. The number of ether oxygens (including phenoxy) is 1. The SMILES string of the molecule is CCOc1ccc(-c2ccc(=O)n(CCCC(=O)Nc3ccc(F)cc3)n2)cc1. The van der Waals surface area contributed by atoms with Gasteiger partial charge in [0.05, 0.1) is 12.3 Å². The lowest BCUT2D eigenvalue weighted by molar-refractivity contribution is -0.116. The van der Waals surface area contributed by atoms with Gasteiger partial charge in [-0.15, -0.1) is 0 Å². The number of hydrogen-bond acceptors (Lipinski definition) is 4. The molecule has 7 heteroatoms. The number of carbonyl (C=O) groups is 1. The maximum atomic E-state index is 12.9. The van der Waals surface area contributed by atoms with Crippen molar-refractivity contribution in [1.82, 2.24) is 9.78 Å². The molecular weight excluding hydrogens is 373 g/mol. The molecule has 150 valence electrons. The Morgan fingerprint density at radius 1 is 1.07 bits per heavy atom. The monoisotopic (exact) mass is 395 g/mol. The zero-order chi connectivity index (χ0) is 20.6. The van der Waals surface area contributed by atoms with E-state index in [1.54, 1.807) is 6.07 Å². The van der Waals surface area contributed by atoms with Crippen LogP contribution in [0.15, 0.2) is 65.5 Å². The molecule has 0 fully saturated rings. The molecule has 1 aromatic heterocycles. The van der Waals surface area contributed by atoms with Crippen LogP contribution >= 0.6 is 0 Å². The van der Waals surface area contributed by atoms with Gasteiger partial charge in [-0.2, -0.15) is 5.10 Å². The standard InChI is InChI=1S/C22H22FN3O3/c1-2-29-19-11-5-16(6-12-19)20-13-14-22(28)26(25-20)15-3-4-21(27)24-18-9-7-17(23)8-10-18/h5-14H,2-4,15H2,1H3,(H,24,27). The number of carbonyl (C=O) groups excluding carboxylic acids is 1. The molecule has 2 aromatic carbocycles. The average Bonchev–Trinajstić information content (AvgIpc) is 2.72. The number of nitrogens with one attached hydrogen (secondary N) is 1. The Bertz CT molecular complexity index is 1010. The first kappa shape index (κ1) is 20.3. The molecule has 0 aliphatic heterocycles. The van der Waals surface area contributed by atoms with E-state index in [0.717, 1.165) is 11.3 Å². The number of anilines is 1. The summed E-state index contributed by atoms with van der Waals surface area (Å²) in [5.41, 5.74) is 1.85. The van der Waals surface area contributed by atoms with E-state index in [1.807, 2.05) is 31.2 Å². The fourth-order valence-electron chi connectivity index (χ4n) is 2.80. The second-order valence-corrected chi connectivity index (χ2v) is 6.40. The van der Waals surface area contributed by atoms with Gasteiger partial charge in [0, 0.05) is 30.3 Å². The summed E-state index contributed by atoms with van der Waals surface area (Å²) in [5.74, 6) is 0.213. The van der Waals surface area contributed by atoms with Crippen LogP contribution in [-0.2, 0) is 11.3 Å². The summed E-state index contributed by atoms with van der Waals surface area (Å²) in [6, 6.07) is 16.2. The lowest BCUT2D eigenvalue weighted by atomic mass is 10.1. The molecule has 1 N–H and O–H groups in total. The summed E-state index contributed by atoms with van der Waals surface area (Å²) in [7, 11) is 0. The van der Waals surface area contributed by atoms with Gasteiger partial charge in [0.1, 0.15) is 11.6 Å². The summed E-state index contributed by atoms with van der Waals surface area (Å²) in [4.78, 5) is 24.1. The molecule has 1 amide bonds. The van der Waals surface area contributed by atoms with Crippen LogP contribution in [0.25, 0.3) is 11.3 Å². The number of hydrogen-bond donors (Lipinski definition) is 1. The van der Waals surface area contributed by atoms with Crippen LogP contribution in [0.5, 0.6) is 5.75 Å². The highest BCUT2D eigenvalue weighted by Crippen LogP contribution is 2.20. The summed E-state index contributed by atoms with van der Waals surface area (Å²) in [6.07, 6.45) is 0.672. The van der Waals surface area contributed by atoms with E-state index in [0.29, 0.717) is 31.0 Å². The Balaban J connectivity index is 1.59. The van der Waals surface area contributed by atoms with E-state index < -0.39 is 0 Å². The second kappa shape index (κ2) is 9.64. The maximum absolute atomic E-state index is 12.9. The predicted octanol–water partition coefficient (Wildman–Crippen LogP) is 3.87. The Hall–Kier alpha value is -3.48. The number of benzene rings is 2. The minimum absolute atomic E-state index is 0.202. The van der Waals surface area contributed by atoms with Crippen molar-refractivity contribution in [3.63, 3.8) is 0 Å². The van der Waals surface area contributed by atoms with Crippen molar-refractivity contribution < 1.29 is 13.9 Å². The largest absolute Gasteiger partial charge is 0.494 e. The smallest absolute Gasteiger partial charge is 0.266 e. The van der Waals surface area contributed by atoms with Crippen LogP contribution in [-0.4, -0.2) is 22.3 Å². The number of amides is 1. The van der Waals surface area contributed by atoms with Crippen LogP contribution in [0.4, 0.5) is 10.1 Å². The topological polar surface area (TPSA) is 73.2 Å².